The summed E-state index contributed by atoms with van der Waals surface area (Å²) in [4.78, 5) is 77.2. The summed E-state index contributed by atoms with van der Waals surface area (Å²) in [5, 5.41) is 40.9. The van der Waals surface area contributed by atoms with Crippen molar-refractivity contribution < 1.29 is 53.9 Å². The smallest absolute Gasteiger partial charge is 0.320 e. The third-order valence-electron chi connectivity index (χ3n) is 7.23. The molecule has 0 saturated carbocycles. The molecule has 16 heteroatoms. The summed E-state index contributed by atoms with van der Waals surface area (Å²) in [5.41, 5.74) is 0. The summed E-state index contributed by atoms with van der Waals surface area (Å²) in [5.74, 6) is -4.36. The third-order valence-corrected chi connectivity index (χ3v) is 7.23. The number of carbonyl (C=O) groups is 6. The molecule has 0 bridgehead atoms. The van der Waals surface area contributed by atoms with Crippen LogP contribution in [-0.4, -0.2) is 180 Å². The number of carboxylic acids is 4. The Morgan fingerprint density at radius 3 is 1.43 bits per heavy atom. The number of ether oxygens (including phenoxy) is 1. The van der Waals surface area contributed by atoms with Crippen LogP contribution in [0.1, 0.15) is 38.5 Å². The van der Waals surface area contributed by atoms with E-state index < -0.39 is 29.9 Å². The molecule has 252 valence electrons. The Balaban J connectivity index is 2.81. The summed E-state index contributed by atoms with van der Waals surface area (Å²) in [6.45, 7) is 1.74. The molecule has 1 atom stereocenters. The van der Waals surface area contributed by atoms with Crippen LogP contribution in [0, 0.1) is 0 Å². The van der Waals surface area contributed by atoms with Gasteiger partial charge in [-0.15, -0.1) is 0 Å². The van der Waals surface area contributed by atoms with Crippen LogP contribution >= 0.6 is 0 Å². The summed E-state index contributed by atoms with van der Waals surface area (Å²) < 4.78 is 5.49. The van der Waals surface area contributed by atoms with Gasteiger partial charge in [0.1, 0.15) is 17.6 Å². The molecule has 0 aromatic heterocycles. The average Bonchev–Trinajstić information content (AvgIpc) is 2.92. The summed E-state index contributed by atoms with van der Waals surface area (Å²) in [6, 6.07) is -1.05. The fourth-order valence-corrected chi connectivity index (χ4v) is 4.93. The number of nitrogens with one attached hydrogen (secondary N) is 1. The molecule has 0 aliphatic carbocycles. The fraction of sp³-hybridized carbons (Fsp3) is 0.786. The SMILES string of the molecule is CNCC(=O)CCCOCCCC(=O)CCC(C(=O)O)N1CCN(CC(=O)O)CCN(CC(=O)O)CCN(CC(=O)O)CC1. The first-order valence-electron chi connectivity index (χ1n) is 15.0. The lowest BCUT2D eigenvalue weighted by Crippen LogP contribution is -2.51. The number of nitrogens with zero attached hydrogens (tertiary/aromatic N) is 4. The molecule has 5 N–H and O–H groups in total. The zero-order chi connectivity index (χ0) is 32.9. The van der Waals surface area contributed by atoms with Crippen molar-refractivity contribution in [3.8, 4) is 0 Å². The molecule has 44 heavy (non-hydrogen) atoms. The van der Waals surface area contributed by atoms with Gasteiger partial charge in [0.25, 0.3) is 0 Å². The van der Waals surface area contributed by atoms with Gasteiger partial charge in [0.2, 0.25) is 0 Å². The van der Waals surface area contributed by atoms with Gasteiger partial charge in [-0.25, -0.2) is 0 Å². The van der Waals surface area contributed by atoms with E-state index in [0.717, 1.165) is 0 Å². The maximum atomic E-state index is 12.6. The van der Waals surface area contributed by atoms with Crippen molar-refractivity contribution in [1.82, 2.24) is 24.9 Å². The number of aliphatic carboxylic acids is 4. The molecule has 1 heterocycles. The second kappa shape index (κ2) is 22.5. The monoisotopic (exact) mass is 631 g/mol. The number of hydrogen-bond donors (Lipinski definition) is 5. The van der Waals surface area contributed by atoms with Crippen molar-refractivity contribution in [2.75, 3.05) is 98.8 Å². The summed E-state index contributed by atoms with van der Waals surface area (Å²) in [6.07, 6.45) is 1.76. The van der Waals surface area contributed by atoms with Gasteiger partial charge in [-0.1, -0.05) is 0 Å². The fourth-order valence-electron chi connectivity index (χ4n) is 4.93. The predicted octanol–water partition coefficient (Wildman–Crippen LogP) is -1.37. The zero-order valence-corrected chi connectivity index (χ0v) is 25.7. The highest BCUT2D eigenvalue weighted by molar-refractivity contribution is 5.80. The standard InChI is InChI=1S/C28H49N5O11/c1-29-18-23(35)5-3-17-44-16-2-4-22(34)6-7-24(28(42)43)33-14-12-31(20-26(38)39)10-8-30(19-25(36)37)9-11-32(13-15-33)21-27(40)41/h24,29H,2-21H2,1H3,(H,36,37)(H,38,39)(H,40,41)(H,42,43). The molecular formula is C28H49N5O11. The highest BCUT2D eigenvalue weighted by atomic mass is 16.5. The van der Waals surface area contributed by atoms with E-state index in [4.69, 9.17) is 4.74 Å². The van der Waals surface area contributed by atoms with Gasteiger partial charge in [-0.3, -0.25) is 48.4 Å². The Hall–Kier alpha value is -3.02. The number of carboxylic acid groups (broad SMARTS) is 4. The second-order valence-corrected chi connectivity index (χ2v) is 10.9. The summed E-state index contributed by atoms with van der Waals surface area (Å²) in [7, 11) is 1.70. The van der Waals surface area contributed by atoms with Crippen molar-refractivity contribution in [3.05, 3.63) is 0 Å². The van der Waals surface area contributed by atoms with Gasteiger partial charge >= 0.3 is 23.9 Å². The van der Waals surface area contributed by atoms with Crippen LogP contribution in [0.15, 0.2) is 0 Å². The Kier molecular flexibility index (Phi) is 19.9. The predicted molar refractivity (Wildman–Crippen MR) is 158 cm³/mol. The van der Waals surface area contributed by atoms with Crippen molar-refractivity contribution >= 4 is 35.4 Å². The van der Waals surface area contributed by atoms with E-state index in [9.17, 15) is 49.2 Å². The Labute approximate surface area is 257 Å². The second-order valence-electron chi connectivity index (χ2n) is 10.9. The van der Waals surface area contributed by atoms with Gasteiger partial charge in [0, 0.05) is 84.8 Å². The Bertz CT molecular complexity index is 904. The van der Waals surface area contributed by atoms with Gasteiger partial charge in [-0.2, -0.15) is 0 Å². The minimum atomic E-state index is -1.14. The first-order chi connectivity index (χ1) is 20.9. The molecule has 1 aliphatic rings. The molecule has 1 fully saturated rings. The molecule has 16 nitrogen and oxygen atoms in total. The molecule has 0 aromatic rings. The van der Waals surface area contributed by atoms with Crippen LogP contribution < -0.4 is 5.32 Å². The van der Waals surface area contributed by atoms with Crippen molar-refractivity contribution in [1.29, 1.82) is 0 Å². The molecule has 1 aliphatic heterocycles. The molecule has 0 radical (unpaired) electrons. The lowest BCUT2D eigenvalue weighted by Gasteiger charge is -2.35. The van der Waals surface area contributed by atoms with E-state index in [2.05, 4.69) is 5.32 Å². The maximum Gasteiger partial charge on any atom is 0.320 e. The normalized spacial score (nSPS) is 17.3. The molecule has 0 spiro atoms. The van der Waals surface area contributed by atoms with Crippen molar-refractivity contribution in [3.63, 3.8) is 0 Å². The van der Waals surface area contributed by atoms with Crippen LogP contribution in [0.2, 0.25) is 0 Å². The van der Waals surface area contributed by atoms with Gasteiger partial charge in [0.05, 0.1) is 26.2 Å². The van der Waals surface area contributed by atoms with Gasteiger partial charge < -0.3 is 30.5 Å². The first-order valence-corrected chi connectivity index (χ1v) is 15.0. The van der Waals surface area contributed by atoms with E-state index >= 15 is 0 Å². The number of rotatable bonds is 21. The van der Waals surface area contributed by atoms with Crippen LogP contribution in [0.5, 0.6) is 0 Å². The molecule has 1 saturated heterocycles. The number of ketones is 2. The highest BCUT2D eigenvalue weighted by Gasteiger charge is 2.28. The first kappa shape index (κ1) is 39.0. The topological polar surface area (TPSA) is 218 Å². The average molecular weight is 632 g/mol. The molecule has 1 rings (SSSR count). The minimum absolute atomic E-state index is 0.0216. The highest BCUT2D eigenvalue weighted by Crippen LogP contribution is 2.12. The largest absolute Gasteiger partial charge is 0.480 e. The third kappa shape index (κ3) is 18.6. The Morgan fingerprint density at radius 2 is 1.05 bits per heavy atom. The zero-order valence-electron chi connectivity index (χ0n) is 25.7. The number of carbonyl (C=O) groups excluding carboxylic acids is 2. The van der Waals surface area contributed by atoms with E-state index in [1.54, 1.807) is 26.6 Å². The van der Waals surface area contributed by atoms with Crippen LogP contribution in [0.3, 0.4) is 0 Å². The lowest BCUT2D eigenvalue weighted by molar-refractivity contribution is -0.145. The van der Waals surface area contributed by atoms with E-state index in [1.807, 2.05) is 0 Å². The van der Waals surface area contributed by atoms with Crippen molar-refractivity contribution in [2.24, 2.45) is 0 Å². The van der Waals surface area contributed by atoms with Crippen LogP contribution in [0.25, 0.3) is 0 Å². The Morgan fingerprint density at radius 1 is 0.636 bits per heavy atom. The molecule has 0 aromatic carbocycles. The van der Waals surface area contributed by atoms with E-state index in [-0.39, 0.29) is 103 Å². The van der Waals surface area contributed by atoms with Gasteiger partial charge in [0.15, 0.2) is 0 Å². The quantitative estimate of drug-likeness (QED) is 0.0923. The minimum Gasteiger partial charge on any atom is -0.480 e. The maximum absolute atomic E-state index is 12.6. The van der Waals surface area contributed by atoms with Crippen molar-refractivity contribution in [2.45, 2.75) is 44.6 Å². The number of likely N-dealkylation sites (N-methyl/N-ethyl adjacent to an activating group) is 1. The molecule has 1 unspecified atom stereocenters. The van der Waals surface area contributed by atoms with E-state index in [1.165, 1.54) is 0 Å². The molecular weight excluding hydrogens is 582 g/mol. The van der Waals surface area contributed by atoms with Crippen LogP contribution in [-0.2, 0) is 33.5 Å². The summed E-state index contributed by atoms with van der Waals surface area (Å²) >= 11 is 0. The lowest BCUT2D eigenvalue weighted by atomic mass is 10.0. The van der Waals surface area contributed by atoms with Crippen LogP contribution in [0.4, 0.5) is 0 Å². The van der Waals surface area contributed by atoms with Gasteiger partial charge in [-0.05, 0) is 26.3 Å². The molecule has 0 amide bonds. The number of Topliss-reactive ketones (excluding diaryl/α,β-unsaturated/α-hetero) is 2. The van der Waals surface area contributed by atoms with E-state index in [0.29, 0.717) is 39.0 Å². The number of hydrogen-bond acceptors (Lipinski definition) is 12.